The van der Waals surface area contributed by atoms with Gasteiger partial charge in [-0.2, -0.15) is 0 Å². The van der Waals surface area contributed by atoms with Gasteiger partial charge in [0.15, 0.2) is 0 Å². The maximum atomic E-state index is 12.1. The van der Waals surface area contributed by atoms with E-state index in [1.165, 1.54) is 19.3 Å². The molecule has 110 valence electrons. The normalized spacial score (nSPS) is 22.3. The van der Waals surface area contributed by atoms with Gasteiger partial charge in [-0.25, -0.2) is 0 Å². The highest BCUT2D eigenvalue weighted by Gasteiger charge is 2.22. The number of carbonyl (C=O) groups excluding carboxylic acids is 1. The first-order valence-electron chi connectivity index (χ1n) is 7.56. The molecule has 4 heteroatoms. The predicted octanol–water partition coefficient (Wildman–Crippen LogP) is 3.01. The molecule has 4 N–H and O–H groups in total. The average molecular weight is 275 g/mol. The Morgan fingerprint density at radius 3 is 2.80 bits per heavy atom. The minimum absolute atomic E-state index is 0.0431. The highest BCUT2D eigenvalue weighted by atomic mass is 16.1. The zero-order valence-corrected chi connectivity index (χ0v) is 12.4. The van der Waals surface area contributed by atoms with E-state index in [2.05, 4.69) is 17.6 Å². The zero-order chi connectivity index (χ0) is 14.5. The Balaban J connectivity index is 2.20. The molecule has 0 saturated heterocycles. The van der Waals surface area contributed by atoms with Crippen molar-refractivity contribution in [3.05, 3.63) is 23.8 Å². The van der Waals surface area contributed by atoms with Crippen molar-refractivity contribution in [2.24, 2.45) is 5.92 Å². The van der Waals surface area contributed by atoms with Crippen LogP contribution in [0.1, 0.15) is 49.9 Å². The van der Waals surface area contributed by atoms with Crippen molar-refractivity contribution in [2.45, 2.75) is 45.6 Å². The van der Waals surface area contributed by atoms with Crippen LogP contribution in [0.4, 0.5) is 11.4 Å². The molecule has 2 atom stereocenters. The summed E-state index contributed by atoms with van der Waals surface area (Å²) in [6, 6.07) is 5.88. The van der Waals surface area contributed by atoms with Gasteiger partial charge in [0.2, 0.25) is 0 Å². The van der Waals surface area contributed by atoms with Crippen LogP contribution in [-0.4, -0.2) is 18.5 Å². The van der Waals surface area contributed by atoms with E-state index in [4.69, 9.17) is 5.73 Å². The minimum Gasteiger partial charge on any atom is -0.399 e. The van der Waals surface area contributed by atoms with E-state index >= 15 is 0 Å². The monoisotopic (exact) mass is 275 g/mol. The Labute approximate surface area is 121 Å². The summed E-state index contributed by atoms with van der Waals surface area (Å²) in [6.07, 6.45) is 4.96. The summed E-state index contributed by atoms with van der Waals surface area (Å²) in [5, 5.41) is 6.39. The second kappa shape index (κ2) is 6.64. The number of hydrogen-bond acceptors (Lipinski definition) is 3. The molecule has 1 aliphatic rings. The standard InChI is InChI=1S/C16H25N3O/c1-3-18-16(20)13-9-8-12(17)10-15(13)19-14-7-5-4-6-11(14)2/h8-11,14,19H,3-7,17H2,1-2H3,(H,18,20). The average Bonchev–Trinajstić information content (AvgIpc) is 2.42. The maximum Gasteiger partial charge on any atom is 0.253 e. The molecule has 0 spiro atoms. The van der Waals surface area contributed by atoms with Crippen LogP contribution < -0.4 is 16.4 Å². The van der Waals surface area contributed by atoms with Gasteiger partial charge in [-0.3, -0.25) is 4.79 Å². The van der Waals surface area contributed by atoms with Gasteiger partial charge in [-0.15, -0.1) is 0 Å². The molecule has 4 nitrogen and oxygen atoms in total. The lowest BCUT2D eigenvalue weighted by atomic mass is 9.85. The number of hydrogen-bond donors (Lipinski definition) is 3. The van der Waals surface area contributed by atoms with Gasteiger partial charge < -0.3 is 16.4 Å². The number of carbonyl (C=O) groups is 1. The van der Waals surface area contributed by atoms with E-state index in [0.29, 0.717) is 29.8 Å². The molecule has 1 fully saturated rings. The summed E-state index contributed by atoms with van der Waals surface area (Å²) in [5.41, 5.74) is 8.09. The van der Waals surface area contributed by atoms with Crippen LogP contribution >= 0.6 is 0 Å². The molecular formula is C16H25N3O. The first kappa shape index (κ1) is 14.7. The van der Waals surface area contributed by atoms with Crippen molar-refractivity contribution in [2.75, 3.05) is 17.6 Å². The van der Waals surface area contributed by atoms with E-state index < -0.39 is 0 Å². The third-order valence-corrected chi connectivity index (χ3v) is 4.08. The van der Waals surface area contributed by atoms with Gasteiger partial charge in [0.1, 0.15) is 0 Å². The zero-order valence-electron chi connectivity index (χ0n) is 12.4. The Morgan fingerprint density at radius 1 is 1.35 bits per heavy atom. The maximum absolute atomic E-state index is 12.1. The number of nitrogens with one attached hydrogen (secondary N) is 2. The lowest BCUT2D eigenvalue weighted by molar-refractivity contribution is 0.0956. The van der Waals surface area contributed by atoms with E-state index in [1.54, 1.807) is 12.1 Å². The van der Waals surface area contributed by atoms with E-state index in [-0.39, 0.29) is 5.91 Å². The summed E-state index contributed by atoms with van der Waals surface area (Å²) in [5.74, 6) is 0.589. The fraction of sp³-hybridized carbons (Fsp3) is 0.562. The summed E-state index contributed by atoms with van der Waals surface area (Å²) in [4.78, 5) is 12.1. The van der Waals surface area contributed by atoms with Gasteiger partial charge in [0.05, 0.1) is 5.56 Å². The van der Waals surface area contributed by atoms with Crippen LogP contribution in [0.5, 0.6) is 0 Å². The second-order valence-corrected chi connectivity index (χ2v) is 5.68. The highest BCUT2D eigenvalue weighted by Crippen LogP contribution is 2.29. The van der Waals surface area contributed by atoms with E-state index in [9.17, 15) is 4.79 Å². The Morgan fingerprint density at radius 2 is 2.10 bits per heavy atom. The molecule has 0 bridgehead atoms. The Kier molecular flexibility index (Phi) is 4.88. The van der Waals surface area contributed by atoms with Crippen molar-refractivity contribution >= 4 is 17.3 Å². The molecule has 2 rings (SSSR count). The Hall–Kier alpha value is -1.71. The molecule has 0 radical (unpaired) electrons. The first-order valence-corrected chi connectivity index (χ1v) is 7.56. The van der Waals surface area contributed by atoms with Gasteiger partial charge in [0, 0.05) is 24.0 Å². The van der Waals surface area contributed by atoms with Crippen LogP contribution in [0.2, 0.25) is 0 Å². The quantitative estimate of drug-likeness (QED) is 0.740. The molecule has 1 aromatic rings. The number of nitrogens with two attached hydrogens (primary N) is 1. The molecule has 1 amide bonds. The Bertz CT molecular complexity index is 473. The van der Waals surface area contributed by atoms with Gasteiger partial charge in [-0.05, 0) is 43.9 Å². The van der Waals surface area contributed by atoms with Crippen LogP contribution in [0.15, 0.2) is 18.2 Å². The summed E-state index contributed by atoms with van der Waals surface area (Å²) in [7, 11) is 0. The molecule has 1 aliphatic carbocycles. The van der Waals surface area contributed by atoms with Gasteiger partial charge in [0.25, 0.3) is 5.91 Å². The van der Waals surface area contributed by atoms with Crippen LogP contribution in [0.3, 0.4) is 0 Å². The van der Waals surface area contributed by atoms with Gasteiger partial charge >= 0.3 is 0 Å². The van der Waals surface area contributed by atoms with Crippen LogP contribution in [0, 0.1) is 5.92 Å². The first-order chi connectivity index (χ1) is 9.61. The molecule has 2 unspecified atom stereocenters. The van der Waals surface area contributed by atoms with E-state index in [0.717, 1.165) is 12.1 Å². The van der Waals surface area contributed by atoms with Crippen LogP contribution in [0.25, 0.3) is 0 Å². The number of benzene rings is 1. The second-order valence-electron chi connectivity index (χ2n) is 5.68. The number of rotatable bonds is 4. The highest BCUT2D eigenvalue weighted by molar-refractivity contribution is 6.00. The summed E-state index contributed by atoms with van der Waals surface area (Å²) in [6.45, 7) is 4.82. The molecule has 1 saturated carbocycles. The fourth-order valence-corrected chi connectivity index (χ4v) is 2.87. The fourth-order valence-electron chi connectivity index (χ4n) is 2.87. The largest absolute Gasteiger partial charge is 0.399 e. The lowest BCUT2D eigenvalue weighted by Crippen LogP contribution is -2.32. The minimum atomic E-state index is -0.0431. The third kappa shape index (κ3) is 3.44. The van der Waals surface area contributed by atoms with Gasteiger partial charge in [-0.1, -0.05) is 19.8 Å². The van der Waals surface area contributed by atoms with Crippen molar-refractivity contribution in [3.8, 4) is 0 Å². The molecular weight excluding hydrogens is 250 g/mol. The topological polar surface area (TPSA) is 67.2 Å². The molecule has 0 heterocycles. The van der Waals surface area contributed by atoms with Crippen molar-refractivity contribution in [3.63, 3.8) is 0 Å². The number of nitrogen functional groups attached to an aromatic ring is 1. The smallest absolute Gasteiger partial charge is 0.253 e. The molecule has 20 heavy (non-hydrogen) atoms. The number of amides is 1. The number of anilines is 2. The summed E-state index contributed by atoms with van der Waals surface area (Å²) < 4.78 is 0. The summed E-state index contributed by atoms with van der Waals surface area (Å²) >= 11 is 0. The molecule has 0 aliphatic heterocycles. The molecule has 1 aromatic carbocycles. The van der Waals surface area contributed by atoms with Crippen molar-refractivity contribution < 1.29 is 4.79 Å². The van der Waals surface area contributed by atoms with Crippen LogP contribution in [-0.2, 0) is 0 Å². The van der Waals surface area contributed by atoms with Crippen molar-refractivity contribution in [1.82, 2.24) is 5.32 Å². The predicted molar refractivity (Wildman–Crippen MR) is 83.9 cm³/mol. The van der Waals surface area contributed by atoms with Crippen molar-refractivity contribution in [1.29, 1.82) is 0 Å². The lowest BCUT2D eigenvalue weighted by Gasteiger charge is -2.31. The molecule has 0 aromatic heterocycles. The SMILES string of the molecule is CCNC(=O)c1ccc(N)cc1NC1CCCCC1C. The van der Waals surface area contributed by atoms with E-state index in [1.807, 2.05) is 13.0 Å². The third-order valence-electron chi connectivity index (χ3n) is 4.08.